The fourth-order valence-electron chi connectivity index (χ4n) is 3.27. The molecule has 2 aliphatic heterocycles. The lowest BCUT2D eigenvalue weighted by Crippen LogP contribution is -2.33. The molecule has 1 aromatic carbocycles. The van der Waals surface area contributed by atoms with Crippen molar-refractivity contribution in [2.45, 2.75) is 18.9 Å². The van der Waals surface area contributed by atoms with Crippen molar-refractivity contribution in [2.24, 2.45) is 0 Å². The molecule has 116 valence electrons. The Labute approximate surface area is 134 Å². The first-order chi connectivity index (χ1) is 10.7. The minimum atomic E-state index is 0.247. The maximum atomic E-state index is 6.44. The fourth-order valence-corrected chi connectivity index (χ4v) is 3.51. The van der Waals surface area contributed by atoms with Crippen LogP contribution in [0, 0.1) is 0 Å². The Bertz CT molecular complexity index is 701. The quantitative estimate of drug-likeness (QED) is 0.852. The van der Waals surface area contributed by atoms with E-state index < -0.39 is 0 Å². The second kappa shape index (κ2) is 5.48. The van der Waals surface area contributed by atoms with Gasteiger partial charge in [-0.05, 0) is 32.5 Å². The van der Waals surface area contributed by atoms with Crippen LogP contribution in [0.15, 0.2) is 24.5 Å². The van der Waals surface area contributed by atoms with E-state index in [2.05, 4.69) is 21.5 Å². The Kier molecular flexibility index (Phi) is 3.47. The number of likely N-dealkylation sites (tertiary alicyclic amines) is 1. The highest BCUT2D eigenvalue weighted by molar-refractivity contribution is 6.33. The maximum Gasteiger partial charge on any atom is 0.231 e. The van der Waals surface area contributed by atoms with Gasteiger partial charge in [-0.25, -0.2) is 4.98 Å². The lowest BCUT2D eigenvalue weighted by Gasteiger charge is -2.31. The SMILES string of the molecule is CN1CCCC(n2ccnc2-c2cc3c(cc2Cl)OCO3)C1. The van der Waals surface area contributed by atoms with Crippen molar-refractivity contribution in [3.8, 4) is 22.9 Å². The van der Waals surface area contributed by atoms with Gasteiger partial charge >= 0.3 is 0 Å². The van der Waals surface area contributed by atoms with E-state index in [-0.39, 0.29) is 6.79 Å². The zero-order valence-corrected chi connectivity index (χ0v) is 13.2. The van der Waals surface area contributed by atoms with Crippen LogP contribution >= 0.6 is 11.6 Å². The molecule has 2 aromatic rings. The highest BCUT2D eigenvalue weighted by Crippen LogP contribution is 2.41. The summed E-state index contributed by atoms with van der Waals surface area (Å²) in [6, 6.07) is 4.17. The summed E-state index contributed by atoms with van der Waals surface area (Å²) < 4.78 is 13.1. The number of hydrogen-bond acceptors (Lipinski definition) is 4. The Hall–Kier alpha value is -1.72. The first-order valence-electron chi connectivity index (χ1n) is 7.53. The van der Waals surface area contributed by atoms with Crippen LogP contribution in [-0.2, 0) is 0 Å². The molecule has 0 spiro atoms. The molecule has 0 N–H and O–H groups in total. The molecule has 22 heavy (non-hydrogen) atoms. The van der Waals surface area contributed by atoms with Crippen LogP contribution in [0.1, 0.15) is 18.9 Å². The van der Waals surface area contributed by atoms with Crippen LogP contribution < -0.4 is 9.47 Å². The van der Waals surface area contributed by atoms with E-state index in [0.717, 1.165) is 36.6 Å². The van der Waals surface area contributed by atoms with Crippen molar-refractivity contribution >= 4 is 11.6 Å². The molecule has 5 nitrogen and oxygen atoms in total. The van der Waals surface area contributed by atoms with Gasteiger partial charge in [0.25, 0.3) is 0 Å². The van der Waals surface area contributed by atoms with Crippen LogP contribution in [0.2, 0.25) is 5.02 Å². The Morgan fingerprint density at radius 3 is 2.91 bits per heavy atom. The molecule has 0 aliphatic carbocycles. The molecule has 4 rings (SSSR count). The van der Waals surface area contributed by atoms with Crippen molar-refractivity contribution in [2.75, 3.05) is 26.9 Å². The Morgan fingerprint density at radius 2 is 2.09 bits per heavy atom. The molecule has 6 heteroatoms. The first-order valence-corrected chi connectivity index (χ1v) is 7.91. The summed E-state index contributed by atoms with van der Waals surface area (Å²) in [5.41, 5.74) is 0.893. The molecule has 2 aliphatic rings. The summed E-state index contributed by atoms with van der Waals surface area (Å²) in [5, 5.41) is 0.640. The molecule has 3 heterocycles. The lowest BCUT2D eigenvalue weighted by atomic mass is 10.1. The summed E-state index contributed by atoms with van der Waals surface area (Å²) >= 11 is 6.44. The van der Waals surface area contributed by atoms with Gasteiger partial charge in [-0.1, -0.05) is 11.6 Å². The van der Waals surface area contributed by atoms with Gasteiger partial charge in [-0.2, -0.15) is 0 Å². The van der Waals surface area contributed by atoms with Crippen molar-refractivity contribution in [3.05, 3.63) is 29.5 Å². The molecule has 0 amide bonds. The smallest absolute Gasteiger partial charge is 0.231 e. The maximum absolute atomic E-state index is 6.44. The third-order valence-electron chi connectivity index (χ3n) is 4.36. The molecule has 1 atom stereocenters. The number of rotatable bonds is 2. The highest BCUT2D eigenvalue weighted by atomic mass is 35.5. The number of aromatic nitrogens is 2. The zero-order valence-electron chi connectivity index (χ0n) is 12.5. The molecule has 1 unspecified atom stereocenters. The highest BCUT2D eigenvalue weighted by Gasteiger charge is 2.24. The van der Waals surface area contributed by atoms with E-state index in [4.69, 9.17) is 21.1 Å². The predicted octanol–water partition coefficient (Wildman–Crippen LogP) is 3.20. The van der Waals surface area contributed by atoms with Gasteiger partial charge in [-0.3, -0.25) is 0 Å². The number of fused-ring (bicyclic) bond motifs is 1. The van der Waals surface area contributed by atoms with E-state index in [1.807, 2.05) is 24.5 Å². The van der Waals surface area contributed by atoms with E-state index in [9.17, 15) is 0 Å². The molecule has 1 saturated heterocycles. The number of imidazole rings is 1. The number of hydrogen-bond donors (Lipinski definition) is 0. The van der Waals surface area contributed by atoms with Crippen molar-refractivity contribution in [1.29, 1.82) is 0 Å². The molecule has 1 fully saturated rings. The molecule has 1 aromatic heterocycles. The van der Waals surface area contributed by atoms with Crippen molar-refractivity contribution in [3.63, 3.8) is 0 Å². The van der Waals surface area contributed by atoms with Gasteiger partial charge in [0.15, 0.2) is 11.5 Å². The van der Waals surface area contributed by atoms with E-state index in [1.54, 1.807) is 0 Å². The van der Waals surface area contributed by atoms with Crippen LogP contribution in [-0.4, -0.2) is 41.4 Å². The number of benzene rings is 1. The topological polar surface area (TPSA) is 39.5 Å². The molecule has 0 bridgehead atoms. The Morgan fingerprint density at radius 1 is 1.27 bits per heavy atom. The molecular weight excluding hydrogens is 302 g/mol. The summed E-state index contributed by atoms with van der Waals surface area (Å²) in [4.78, 5) is 6.90. The lowest BCUT2D eigenvalue weighted by molar-refractivity contribution is 0.174. The third-order valence-corrected chi connectivity index (χ3v) is 4.68. The van der Waals surface area contributed by atoms with Crippen LogP contribution in [0.4, 0.5) is 0 Å². The van der Waals surface area contributed by atoms with Crippen LogP contribution in [0.5, 0.6) is 11.5 Å². The van der Waals surface area contributed by atoms with Gasteiger partial charge in [0, 0.05) is 36.6 Å². The zero-order chi connectivity index (χ0) is 15.1. The van der Waals surface area contributed by atoms with Gasteiger partial charge in [0.1, 0.15) is 5.82 Å². The minimum absolute atomic E-state index is 0.247. The largest absolute Gasteiger partial charge is 0.454 e. The summed E-state index contributed by atoms with van der Waals surface area (Å²) in [6.45, 7) is 2.44. The van der Waals surface area contributed by atoms with Crippen LogP contribution in [0.3, 0.4) is 0 Å². The average Bonchev–Trinajstić information content (AvgIpc) is 3.14. The third kappa shape index (κ3) is 2.34. The van der Waals surface area contributed by atoms with E-state index in [0.29, 0.717) is 16.8 Å². The Balaban J connectivity index is 1.73. The van der Waals surface area contributed by atoms with Crippen molar-refractivity contribution < 1.29 is 9.47 Å². The van der Waals surface area contributed by atoms with Gasteiger partial charge in [-0.15, -0.1) is 0 Å². The number of ether oxygens (including phenoxy) is 2. The number of piperidine rings is 1. The van der Waals surface area contributed by atoms with Gasteiger partial charge < -0.3 is 18.9 Å². The normalized spacial score (nSPS) is 21.3. The monoisotopic (exact) mass is 319 g/mol. The van der Waals surface area contributed by atoms with Crippen LogP contribution in [0.25, 0.3) is 11.4 Å². The summed E-state index contributed by atoms with van der Waals surface area (Å²) in [7, 11) is 2.16. The predicted molar refractivity (Wildman–Crippen MR) is 84.6 cm³/mol. The van der Waals surface area contributed by atoms with Gasteiger partial charge in [0.2, 0.25) is 6.79 Å². The van der Waals surface area contributed by atoms with E-state index >= 15 is 0 Å². The number of halogens is 1. The number of likely N-dealkylation sites (N-methyl/N-ethyl adjacent to an activating group) is 1. The molecule has 0 radical (unpaired) electrons. The molecule has 0 saturated carbocycles. The fraction of sp³-hybridized carbons (Fsp3) is 0.438. The van der Waals surface area contributed by atoms with E-state index in [1.165, 1.54) is 6.42 Å². The minimum Gasteiger partial charge on any atom is -0.454 e. The summed E-state index contributed by atoms with van der Waals surface area (Å²) in [5.74, 6) is 2.32. The number of nitrogens with zero attached hydrogens (tertiary/aromatic N) is 3. The average molecular weight is 320 g/mol. The first kappa shape index (κ1) is 13.9. The summed E-state index contributed by atoms with van der Waals surface area (Å²) in [6.07, 6.45) is 6.24. The van der Waals surface area contributed by atoms with Gasteiger partial charge in [0.05, 0.1) is 5.02 Å². The molecular formula is C16H18ClN3O2. The second-order valence-corrected chi connectivity index (χ2v) is 6.31. The standard InChI is InChI=1S/C16H18ClN3O2/c1-19-5-2-3-11(9-19)20-6-4-18-16(20)12-7-14-15(8-13(12)17)22-10-21-14/h4,6-8,11H,2-3,5,9-10H2,1H3. The van der Waals surface area contributed by atoms with Crippen molar-refractivity contribution in [1.82, 2.24) is 14.5 Å². The second-order valence-electron chi connectivity index (χ2n) is 5.90.